The van der Waals surface area contributed by atoms with Crippen LogP contribution in [0.4, 0.5) is 0 Å². The highest BCUT2D eigenvalue weighted by Crippen LogP contribution is 2.03. The van der Waals surface area contributed by atoms with Gasteiger partial charge in [-0.15, -0.1) is 0 Å². The maximum Gasteiger partial charge on any atom is 0.319 e. The number of esters is 1. The fourth-order valence-corrected chi connectivity index (χ4v) is 1.37. The van der Waals surface area contributed by atoms with Gasteiger partial charge in [0.05, 0.1) is 13.7 Å². The number of benzene rings is 1. The number of ether oxygens (including phenoxy) is 1. The van der Waals surface area contributed by atoms with Gasteiger partial charge in [0, 0.05) is 6.54 Å². The van der Waals surface area contributed by atoms with E-state index in [4.69, 9.17) is 0 Å². The molecule has 0 spiro atoms. The lowest BCUT2D eigenvalue weighted by molar-refractivity contribution is -0.142. The van der Waals surface area contributed by atoms with Gasteiger partial charge in [0.15, 0.2) is 0 Å². The van der Waals surface area contributed by atoms with Crippen LogP contribution in [0, 0.1) is 0 Å². The van der Waals surface area contributed by atoms with Gasteiger partial charge >= 0.3 is 5.97 Å². The Morgan fingerprint density at radius 3 is 2.53 bits per heavy atom. The number of carbonyl (C=O) groups is 1. The normalized spacial score (nSPS) is 10.3. The van der Waals surface area contributed by atoms with Gasteiger partial charge in [-0.25, -0.2) is 0 Å². The van der Waals surface area contributed by atoms with Crippen molar-refractivity contribution in [3.8, 4) is 0 Å². The van der Waals surface area contributed by atoms with Crippen molar-refractivity contribution < 1.29 is 9.53 Å². The highest BCUT2D eigenvalue weighted by atomic mass is 16.5. The average Bonchev–Trinajstić information content (AvgIpc) is 2.29. The maximum atomic E-state index is 11.1. The first-order valence-corrected chi connectivity index (χ1v) is 5.09. The van der Waals surface area contributed by atoms with E-state index in [1.165, 1.54) is 12.7 Å². The highest BCUT2D eigenvalue weighted by Gasteiger charge is 2.08. The lowest BCUT2D eigenvalue weighted by Crippen LogP contribution is -2.29. The molecule has 0 radical (unpaired) electrons. The van der Waals surface area contributed by atoms with Crippen molar-refractivity contribution in [1.29, 1.82) is 0 Å². The molecule has 3 heteroatoms. The van der Waals surface area contributed by atoms with Gasteiger partial charge in [-0.3, -0.25) is 9.69 Å². The standard InChI is InChI=1S/C12H17NO2/c1-3-13(10-12(14)15-2)9-11-7-5-4-6-8-11/h4-8H,3,9-10H2,1-2H3. The quantitative estimate of drug-likeness (QED) is 0.688. The summed E-state index contributed by atoms with van der Waals surface area (Å²) >= 11 is 0. The molecule has 0 amide bonds. The molecule has 0 saturated heterocycles. The second kappa shape index (κ2) is 6.19. The molecule has 1 aromatic carbocycles. The Morgan fingerprint density at radius 2 is 2.00 bits per heavy atom. The number of likely N-dealkylation sites (N-methyl/N-ethyl adjacent to an activating group) is 1. The van der Waals surface area contributed by atoms with E-state index in [2.05, 4.69) is 16.9 Å². The Kier molecular flexibility index (Phi) is 4.84. The molecule has 0 saturated carbocycles. The number of rotatable bonds is 5. The van der Waals surface area contributed by atoms with Crippen LogP contribution in [0.1, 0.15) is 12.5 Å². The Balaban J connectivity index is 2.50. The van der Waals surface area contributed by atoms with Gasteiger partial charge in [0.25, 0.3) is 0 Å². The van der Waals surface area contributed by atoms with Crippen LogP contribution in [-0.2, 0) is 16.1 Å². The van der Waals surface area contributed by atoms with E-state index in [0.717, 1.165) is 13.1 Å². The molecule has 1 rings (SSSR count). The third-order valence-electron chi connectivity index (χ3n) is 2.28. The predicted octanol–water partition coefficient (Wildman–Crippen LogP) is 1.68. The Labute approximate surface area is 90.7 Å². The second-order valence-corrected chi connectivity index (χ2v) is 3.37. The van der Waals surface area contributed by atoms with Crippen LogP contribution >= 0.6 is 0 Å². The zero-order chi connectivity index (χ0) is 11.1. The largest absolute Gasteiger partial charge is 0.468 e. The zero-order valence-electron chi connectivity index (χ0n) is 9.27. The monoisotopic (exact) mass is 207 g/mol. The lowest BCUT2D eigenvalue weighted by atomic mass is 10.2. The summed E-state index contributed by atoms with van der Waals surface area (Å²) in [5, 5.41) is 0. The van der Waals surface area contributed by atoms with E-state index in [1.807, 2.05) is 30.0 Å². The van der Waals surface area contributed by atoms with Crippen molar-refractivity contribution in [2.24, 2.45) is 0 Å². The Hall–Kier alpha value is -1.35. The summed E-state index contributed by atoms with van der Waals surface area (Å²) in [6.45, 7) is 4.00. The van der Waals surface area contributed by atoms with E-state index in [1.54, 1.807) is 0 Å². The Bertz CT molecular complexity index is 298. The van der Waals surface area contributed by atoms with Crippen LogP contribution in [0.2, 0.25) is 0 Å². The van der Waals surface area contributed by atoms with E-state index < -0.39 is 0 Å². The van der Waals surface area contributed by atoms with Crippen LogP contribution in [0.25, 0.3) is 0 Å². The van der Waals surface area contributed by atoms with E-state index in [9.17, 15) is 4.79 Å². The number of hydrogen-bond donors (Lipinski definition) is 0. The molecule has 0 bridgehead atoms. The van der Waals surface area contributed by atoms with Crippen LogP contribution in [-0.4, -0.2) is 31.1 Å². The van der Waals surface area contributed by atoms with Crippen molar-refractivity contribution in [3.05, 3.63) is 35.9 Å². The molecule has 15 heavy (non-hydrogen) atoms. The number of hydrogen-bond acceptors (Lipinski definition) is 3. The second-order valence-electron chi connectivity index (χ2n) is 3.37. The van der Waals surface area contributed by atoms with Crippen LogP contribution < -0.4 is 0 Å². The van der Waals surface area contributed by atoms with Crippen LogP contribution in [0.15, 0.2) is 30.3 Å². The summed E-state index contributed by atoms with van der Waals surface area (Å²) in [7, 11) is 1.42. The van der Waals surface area contributed by atoms with Crippen LogP contribution in [0.3, 0.4) is 0 Å². The Morgan fingerprint density at radius 1 is 1.33 bits per heavy atom. The first kappa shape index (κ1) is 11.7. The fraction of sp³-hybridized carbons (Fsp3) is 0.417. The molecule has 0 aliphatic rings. The summed E-state index contributed by atoms with van der Waals surface area (Å²) in [5.41, 5.74) is 1.21. The summed E-state index contributed by atoms with van der Waals surface area (Å²) in [5.74, 6) is -0.187. The number of nitrogens with zero attached hydrogens (tertiary/aromatic N) is 1. The predicted molar refractivity (Wildman–Crippen MR) is 59.4 cm³/mol. The summed E-state index contributed by atoms with van der Waals surface area (Å²) < 4.78 is 4.64. The molecule has 0 aromatic heterocycles. The lowest BCUT2D eigenvalue weighted by Gasteiger charge is -2.18. The number of carbonyl (C=O) groups excluding carboxylic acids is 1. The van der Waals surface area contributed by atoms with E-state index in [0.29, 0.717) is 6.54 Å². The smallest absolute Gasteiger partial charge is 0.319 e. The van der Waals surface area contributed by atoms with Gasteiger partial charge in [0.2, 0.25) is 0 Å². The molecule has 0 unspecified atom stereocenters. The zero-order valence-corrected chi connectivity index (χ0v) is 9.27. The van der Waals surface area contributed by atoms with E-state index >= 15 is 0 Å². The first-order valence-electron chi connectivity index (χ1n) is 5.09. The fourth-order valence-electron chi connectivity index (χ4n) is 1.37. The highest BCUT2D eigenvalue weighted by molar-refractivity contribution is 5.71. The molecule has 0 heterocycles. The minimum atomic E-state index is -0.187. The number of methoxy groups -OCH3 is 1. The van der Waals surface area contributed by atoms with Crippen molar-refractivity contribution in [3.63, 3.8) is 0 Å². The van der Waals surface area contributed by atoms with Gasteiger partial charge in [-0.05, 0) is 12.1 Å². The van der Waals surface area contributed by atoms with E-state index in [-0.39, 0.29) is 5.97 Å². The first-order chi connectivity index (χ1) is 7.26. The summed E-state index contributed by atoms with van der Waals surface area (Å²) in [4.78, 5) is 13.2. The SMILES string of the molecule is CCN(CC(=O)OC)Cc1ccccc1. The van der Waals surface area contributed by atoms with Crippen molar-refractivity contribution in [2.45, 2.75) is 13.5 Å². The minimum absolute atomic E-state index is 0.187. The third kappa shape index (κ3) is 4.13. The minimum Gasteiger partial charge on any atom is -0.468 e. The van der Waals surface area contributed by atoms with Gasteiger partial charge in [-0.2, -0.15) is 0 Å². The molecule has 3 nitrogen and oxygen atoms in total. The molecule has 82 valence electrons. The average molecular weight is 207 g/mol. The summed E-state index contributed by atoms with van der Waals surface area (Å²) in [6.07, 6.45) is 0. The molecular weight excluding hydrogens is 190 g/mol. The van der Waals surface area contributed by atoms with Gasteiger partial charge < -0.3 is 4.74 Å². The van der Waals surface area contributed by atoms with Crippen molar-refractivity contribution in [2.75, 3.05) is 20.2 Å². The molecule has 0 aliphatic heterocycles. The molecule has 0 aliphatic carbocycles. The topological polar surface area (TPSA) is 29.5 Å². The molecule has 0 N–H and O–H groups in total. The molecule has 1 aromatic rings. The van der Waals surface area contributed by atoms with Gasteiger partial charge in [0.1, 0.15) is 0 Å². The maximum absolute atomic E-state index is 11.1. The van der Waals surface area contributed by atoms with Gasteiger partial charge in [-0.1, -0.05) is 37.3 Å². The third-order valence-corrected chi connectivity index (χ3v) is 2.28. The summed E-state index contributed by atoms with van der Waals surface area (Å²) in [6, 6.07) is 10.1. The van der Waals surface area contributed by atoms with Crippen molar-refractivity contribution >= 4 is 5.97 Å². The molecule has 0 fully saturated rings. The van der Waals surface area contributed by atoms with Crippen LogP contribution in [0.5, 0.6) is 0 Å². The molecule has 0 atom stereocenters. The van der Waals surface area contributed by atoms with Crippen molar-refractivity contribution in [1.82, 2.24) is 4.90 Å². The molecular formula is C12H17NO2.